The van der Waals surface area contributed by atoms with Crippen molar-refractivity contribution in [1.82, 2.24) is 19.6 Å². The number of benzene rings is 2. The summed E-state index contributed by atoms with van der Waals surface area (Å²) in [7, 11) is 0. The first-order chi connectivity index (χ1) is 18.2. The van der Waals surface area contributed by atoms with Crippen LogP contribution in [0.5, 0.6) is 0 Å². The third-order valence-electron chi connectivity index (χ3n) is 6.93. The molecule has 6 rings (SSSR count). The highest BCUT2D eigenvalue weighted by molar-refractivity contribution is 5.96. The van der Waals surface area contributed by atoms with Crippen molar-refractivity contribution in [2.24, 2.45) is 5.73 Å². The lowest BCUT2D eigenvalue weighted by Crippen LogP contribution is -2.20. The number of aromatic nitrogens is 4. The Labute approximate surface area is 214 Å². The minimum Gasteiger partial charge on any atom is -0.357 e. The number of amides is 2. The highest BCUT2D eigenvalue weighted by Gasteiger charge is 2.24. The molecular weight excluding hydrogens is 470 g/mol. The molecule has 10 nitrogen and oxygen atoms in total. The largest absolute Gasteiger partial charge is 0.357 e. The minimum atomic E-state index is -0.610. The second kappa shape index (κ2) is 10.2. The third-order valence-corrected chi connectivity index (χ3v) is 6.93. The molecule has 2 aromatic carbocycles. The highest BCUT2D eigenvalue weighted by atomic mass is 16.5. The molecule has 4 N–H and O–H groups in total. The van der Waals surface area contributed by atoms with E-state index in [1.165, 1.54) is 0 Å². The number of carbonyl (C=O) groups is 1. The normalized spacial score (nSPS) is 20.1. The van der Waals surface area contributed by atoms with Crippen LogP contribution < -0.4 is 16.4 Å². The lowest BCUT2D eigenvalue weighted by atomic mass is 10.1. The van der Waals surface area contributed by atoms with Gasteiger partial charge in [-0.05, 0) is 68.9 Å². The number of urea groups is 1. The molecule has 0 spiro atoms. The van der Waals surface area contributed by atoms with Gasteiger partial charge in [-0.25, -0.2) is 14.2 Å². The van der Waals surface area contributed by atoms with Gasteiger partial charge in [0.05, 0.1) is 23.1 Å². The zero-order chi connectivity index (χ0) is 25.2. The number of anilines is 3. The lowest BCUT2D eigenvalue weighted by molar-refractivity contribution is -0.0394. The van der Waals surface area contributed by atoms with Gasteiger partial charge in [0, 0.05) is 36.0 Å². The van der Waals surface area contributed by atoms with E-state index in [2.05, 4.69) is 27.9 Å². The predicted octanol–water partition coefficient (Wildman–Crippen LogP) is 5.53. The van der Waals surface area contributed by atoms with E-state index in [-0.39, 0.29) is 12.5 Å². The number of carbonyl (C=O) groups excluding carboxylic acids is 1. The molecule has 2 aliphatic rings. The van der Waals surface area contributed by atoms with Crippen LogP contribution in [-0.2, 0) is 9.47 Å². The van der Waals surface area contributed by atoms with E-state index < -0.39 is 6.03 Å². The van der Waals surface area contributed by atoms with Crippen LogP contribution in [0.2, 0.25) is 0 Å². The van der Waals surface area contributed by atoms with Crippen molar-refractivity contribution in [3.8, 4) is 11.3 Å². The van der Waals surface area contributed by atoms with Crippen molar-refractivity contribution in [3.05, 3.63) is 54.9 Å². The number of hydrogen-bond acceptors (Lipinski definition) is 6. The van der Waals surface area contributed by atoms with Crippen LogP contribution >= 0.6 is 0 Å². The van der Waals surface area contributed by atoms with E-state index in [0.717, 1.165) is 85.3 Å². The second-order valence-electron chi connectivity index (χ2n) is 9.54. The van der Waals surface area contributed by atoms with Gasteiger partial charge in [-0.1, -0.05) is 12.1 Å². The molecule has 2 aromatic heterocycles. The van der Waals surface area contributed by atoms with Gasteiger partial charge < -0.3 is 25.8 Å². The molecule has 4 aromatic rings. The zero-order valence-electron chi connectivity index (χ0n) is 20.6. The van der Waals surface area contributed by atoms with Gasteiger partial charge in [-0.3, -0.25) is 0 Å². The predicted molar refractivity (Wildman–Crippen MR) is 142 cm³/mol. The Morgan fingerprint density at radius 3 is 2.46 bits per heavy atom. The Bertz CT molecular complexity index is 1400. The summed E-state index contributed by atoms with van der Waals surface area (Å²) in [5, 5.41) is 16.7. The quantitative estimate of drug-likeness (QED) is 0.319. The van der Waals surface area contributed by atoms with Crippen LogP contribution in [0.1, 0.15) is 51.0 Å². The summed E-state index contributed by atoms with van der Waals surface area (Å²) in [4.78, 5) is 11.5. The molecule has 0 radical (unpaired) electrons. The van der Waals surface area contributed by atoms with Crippen molar-refractivity contribution < 1.29 is 14.3 Å². The molecule has 0 bridgehead atoms. The molecular formula is C27H31N7O3. The number of nitrogens with one attached hydrogen (secondary N) is 2. The van der Waals surface area contributed by atoms with Crippen LogP contribution in [0.4, 0.5) is 21.9 Å². The first kappa shape index (κ1) is 23.5. The SMILES string of the molecule is NC(=O)Nc1ccccc1Nc1ccc2c(-c3cnn(C4CCCCO4)c3)nn(C3CCCCO3)c2c1. The van der Waals surface area contributed by atoms with E-state index in [9.17, 15) is 4.79 Å². The zero-order valence-corrected chi connectivity index (χ0v) is 20.6. The van der Waals surface area contributed by atoms with Gasteiger partial charge in [0.15, 0.2) is 6.23 Å². The van der Waals surface area contributed by atoms with Crippen LogP contribution in [0.25, 0.3) is 22.2 Å². The molecule has 2 atom stereocenters. The van der Waals surface area contributed by atoms with Crippen molar-refractivity contribution in [2.45, 2.75) is 51.0 Å². The molecule has 2 aliphatic heterocycles. The lowest BCUT2D eigenvalue weighted by Gasteiger charge is -2.23. The first-order valence-electron chi connectivity index (χ1n) is 12.9. The average Bonchev–Trinajstić information content (AvgIpc) is 3.56. The number of rotatable bonds is 6. The number of hydrogen-bond donors (Lipinski definition) is 3. The third kappa shape index (κ3) is 4.90. The van der Waals surface area contributed by atoms with Gasteiger partial charge >= 0.3 is 6.03 Å². The van der Waals surface area contributed by atoms with Crippen molar-refractivity contribution in [2.75, 3.05) is 23.8 Å². The molecule has 2 fully saturated rings. The van der Waals surface area contributed by atoms with Crippen LogP contribution in [0.15, 0.2) is 54.9 Å². The molecule has 2 unspecified atom stereocenters. The summed E-state index contributed by atoms with van der Waals surface area (Å²) in [5.41, 5.74) is 10.4. The maximum absolute atomic E-state index is 11.5. The van der Waals surface area contributed by atoms with Gasteiger partial charge in [-0.15, -0.1) is 0 Å². The van der Waals surface area contributed by atoms with Crippen molar-refractivity contribution >= 4 is 34.0 Å². The van der Waals surface area contributed by atoms with Gasteiger partial charge in [0.1, 0.15) is 11.9 Å². The molecule has 192 valence electrons. The fourth-order valence-corrected chi connectivity index (χ4v) is 5.10. The van der Waals surface area contributed by atoms with E-state index >= 15 is 0 Å². The summed E-state index contributed by atoms with van der Waals surface area (Å²) in [5.74, 6) is 0. The molecule has 0 aliphatic carbocycles. The smallest absolute Gasteiger partial charge is 0.316 e. The summed E-state index contributed by atoms with van der Waals surface area (Å²) < 4.78 is 15.9. The Morgan fingerprint density at radius 1 is 0.973 bits per heavy atom. The standard InChI is InChI=1S/C27H31N7O3/c28-27(35)31-22-8-2-1-7-21(22)30-19-11-12-20-23(15-19)34(25-10-4-6-14-37-25)32-26(20)18-16-29-33(17-18)24-9-3-5-13-36-24/h1-2,7-8,11-12,15-17,24-25,30H,3-6,9-10,13-14H2,(H3,28,31,35). The Morgan fingerprint density at radius 2 is 1.73 bits per heavy atom. The van der Waals surface area contributed by atoms with Crippen LogP contribution in [0.3, 0.4) is 0 Å². The molecule has 0 saturated carbocycles. The number of fused-ring (bicyclic) bond motifs is 1. The van der Waals surface area contributed by atoms with Crippen molar-refractivity contribution in [3.63, 3.8) is 0 Å². The molecule has 4 heterocycles. The highest BCUT2D eigenvalue weighted by Crippen LogP contribution is 2.36. The Balaban J connectivity index is 1.38. The Hall–Kier alpha value is -3.89. The number of ether oxygens (including phenoxy) is 2. The first-order valence-corrected chi connectivity index (χ1v) is 12.9. The minimum absolute atomic E-state index is 0.0255. The maximum atomic E-state index is 11.5. The molecule has 2 amide bonds. The fraction of sp³-hybridized carbons (Fsp3) is 0.370. The topological polar surface area (TPSA) is 121 Å². The molecule has 10 heteroatoms. The maximum Gasteiger partial charge on any atom is 0.316 e. The number of para-hydroxylation sites is 2. The molecule has 37 heavy (non-hydrogen) atoms. The van der Waals surface area contributed by atoms with Gasteiger partial charge in [0.2, 0.25) is 0 Å². The number of nitrogens with two attached hydrogens (primary N) is 1. The fourth-order valence-electron chi connectivity index (χ4n) is 5.10. The second-order valence-corrected chi connectivity index (χ2v) is 9.54. The van der Waals surface area contributed by atoms with Gasteiger partial charge in [-0.2, -0.15) is 10.2 Å². The van der Waals surface area contributed by atoms with Crippen molar-refractivity contribution in [1.29, 1.82) is 0 Å². The van der Waals surface area contributed by atoms with Crippen LogP contribution in [-0.4, -0.2) is 38.8 Å². The van der Waals surface area contributed by atoms with E-state index in [1.54, 1.807) is 6.07 Å². The summed E-state index contributed by atoms with van der Waals surface area (Å²) in [6.45, 7) is 1.49. The number of primary amides is 1. The molecule has 2 saturated heterocycles. The average molecular weight is 502 g/mol. The summed E-state index contributed by atoms with van der Waals surface area (Å²) >= 11 is 0. The summed E-state index contributed by atoms with van der Waals surface area (Å²) in [6.07, 6.45) is 10.0. The van der Waals surface area contributed by atoms with Crippen LogP contribution in [0, 0.1) is 0 Å². The van der Waals surface area contributed by atoms with E-state index in [4.69, 9.17) is 20.3 Å². The monoisotopic (exact) mass is 501 g/mol. The van der Waals surface area contributed by atoms with E-state index in [1.807, 2.05) is 46.0 Å². The summed E-state index contributed by atoms with van der Waals surface area (Å²) in [6, 6.07) is 13.0. The van der Waals surface area contributed by atoms with E-state index in [0.29, 0.717) is 5.69 Å². The number of nitrogens with zero attached hydrogens (tertiary/aromatic N) is 4. The van der Waals surface area contributed by atoms with Gasteiger partial charge in [0.25, 0.3) is 0 Å². The Kier molecular flexibility index (Phi) is 6.50.